The number of carbonyl (C=O) groups excluding carboxylic acids is 2. The van der Waals surface area contributed by atoms with Crippen molar-refractivity contribution in [1.29, 1.82) is 0 Å². The summed E-state index contributed by atoms with van der Waals surface area (Å²) in [6, 6.07) is 6.70. The first-order valence-electron chi connectivity index (χ1n) is 14.2. The van der Waals surface area contributed by atoms with E-state index in [9.17, 15) is 19.1 Å². The number of aromatic nitrogens is 2. The van der Waals surface area contributed by atoms with E-state index in [1.165, 1.54) is 12.1 Å². The predicted molar refractivity (Wildman–Crippen MR) is 153 cm³/mol. The zero-order valence-electron chi connectivity index (χ0n) is 23.7. The fourth-order valence-electron chi connectivity index (χ4n) is 5.37. The van der Waals surface area contributed by atoms with Crippen LogP contribution in [0.1, 0.15) is 52.0 Å². The molecule has 1 aromatic heterocycles. The number of amides is 1. The van der Waals surface area contributed by atoms with E-state index >= 15 is 0 Å². The normalized spacial score (nSPS) is 26.0. The molecule has 2 aromatic rings. The van der Waals surface area contributed by atoms with Gasteiger partial charge in [0.2, 0.25) is 5.91 Å². The molecule has 2 aliphatic heterocycles. The van der Waals surface area contributed by atoms with Crippen molar-refractivity contribution >= 4 is 23.6 Å². The third kappa shape index (κ3) is 8.27. The van der Waals surface area contributed by atoms with Crippen molar-refractivity contribution in [3.8, 4) is 0 Å². The molecular weight excluding hydrogens is 511 g/mol. The Labute approximate surface area is 236 Å². The molecular formula is C31H41FN4O4. The van der Waals surface area contributed by atoms with Gasteiger partial charge in [0, 0.05) is 50.2 Å². The van der Waals surface area contributed by atoms with Crippen LogP contribution in [-0.2, 0) is 20.9 Å². The number of nitrogens with zero attached hydrogens (tertiary/aromatic N) is 4. The number of cyclic esters (lactones) is 1. The van der Waals surface area contributed by atoms with Gasteiger partial charge in [-0.1, -0.05) is 32.1 Å². The van der Waals surface area contributed by atoms with E-state index in [0.717, 1.165) is 24.1 Å². The Kier molecular flexibility index (Phi) is 10.1. The minimum absolute atomic E-state index is 0.0126. The number of esters is 1. The van der Waals surface area contributed by atoms with Gasteiger partial charge < -0.3 is 19.6 Å². The van der Waals surface area contributed by atoms with Crippen molar-refractivity contribution in [3.63, 3.8) is 0 Å². The molecule has 0 saturated carbocycles. The van der Waals surface area contributed by atoms with E-state index in [4.69, 9.17) is 4.74 Å². The fourth-order valence-corrected chi connectivity index (χ4v) is 5.37. The quantitative estimate of drug-likeness (QED) is 0.436. The number of carbonyl (C=O) groups is 2. The molecule has 4 rings (SSSR count). The van der Waals surface area contributed by atoms with Crippen LogP contribution in [0.3, 0.4) is 0 Å². The van der Waals surface area contributed by atoms with Gasteiger partial charge in [0.25, 0.3) is 0 Å². The van der Waals surface area contributed by atoms with Crippen LogP contribution in [0.2, 0.25) is 0 Å². The minimum Gasteiger partial charge on any atom is -0.457 e. The third-order valence-corrected chi connectivity index (χ3v) is 7.71. The Hall–Kier alpha value is -3.46. The first-order chi connectivity index (χ1) is 19.2. The number of allylic oxidation sites excluding steroid dienone is 1. The second kappa shape index (κ2) is 13.7. The molecule has 1 aromatic carbocycles. The maximum absolute atomic E-state index is 14.8. The third-order valence-electron chi connectivity index (χ3n) is 7.71. The Morgan fingerprint density at radius 1 is 1.18 bits per heavy atom. The lowest BCUT2D eigenvalue weighted by Crippen LogP contribution is -2.49. The lowest BCUT2D eigenvalue weighted by molar-refractivity contribution is -0.151. The van der Waals surface area contributed by atoms with Gasteiger partial charge in [-0.3, -0.25) is 14.3 Å². The van der Waals surface area contributed by atoms with Gasteiger partial charge >= 0.3 is 5.97 Å². The Balaban J connectivity index is 1.46. The number of rotatable bonds is 5. The zero-order valence-corrected chi connectivity index (χ0v) is 23.7. The van der Waals surface area contributed by atoms with E-state index in [2.05, 4.69) is 29.1 Å². The molecule has 216 valence electrons. The SMILES string of the molecule is C/C(=C\c1cc(F)cc(N2CCN(C(=O)Cn3cccn3)CC2)c1)[C@@H]1OC(=O)C[C@@H](O)CC[C@@H](C)C/C=C/[C@H]1C. The molecule has 4 atom stereocenters. The number of hydrogen-bond donors (Lipinski definition) is 1. The summed E-state index contributed by atoms with van der Waals surface area (Å²) in [5.74, 6) is -0.429. The van der Waals surface area contributed by atoms with Crippen molar-refractivity contribution in [1.82, 2.24) is 14.7 Å². The van der Waals surface area contributed by atoms with E-state index in [-0.39, 0.29) is 30.6 Å². The largest absolute Gasteiger partial charge is 0.457 e. The number of benzene rings is 1. The number of hydrogen-bond acceptors (Lipinski definition) is 6. The first kappa shape index (κ1) is 29.5. The molecule has 0 spiro atoms. The molecule has 0 radical (unpaired) electrons. The highest BCUT2D eigenvalue weighted by molar-refractivity contribution is 5.76. The van der Waals surface area contributed by atoms with Crippen molar-refractivity contribution < 1.29 is 23.8 Å². The number of aliphatic hydroxyl groups excluding tert-OH is 1. The molecule has 1 N–H and O–H groups in total. The summed E-state index contributed by atoms with van der Waals surface area (Å²) in [5, 5.41) is 14.4. The molecule has 0 bridgehead atoms. The molecule has 0 unspecified atom stereocenters. The van der Waals surface area contributed by atoms with E-state index in [0.29, 0.717) is 44.1 Å². The summed E-state index contributed by atoms with van der Waals surface area (Å²) in [7, 11) is 0. The maximum atomic E-state index is 14.8. The van der Waals surface area contributed by atoms with Crippen LogP contribution in [-0.4, -0.2) is 70.1 Å². The van der Waals surface area contributed by atoms with Gasteiger partial charge in [0.15, 0.2) is 0 Å². The van der Waals surface area contributed by atoms with Gasteiger partial charge in [-0.25, -0.2) is 4.39 Å². The topological polar surface area (TPSA) is 87.9 Å². The Bertz CT molecular complexity index is 1200. The molecule has 0 aliphatic carbocycles. The summed E-state index contributed by atoms with van der Waals surface area (Å²) in [6.45, 7) is 8.54. The second-order valence-electron chi connectivity index (χ2n) is 11.2. The maximum Gasteiger partial charge on any atom is 0.309 e. The van der Waals surface area contributed by atoms with Gasteiger partial charge in [-0.2, -0.15) is 5.10 Å². The average molecular weight is 553 g/mol. The molecule has 1 saturated heterocycles. The van der Waals surface area contributed by atoms with Crippen LogP contribution in [0.4, 0.5) is 10.1 Å². The lowest BCUT2D eigenvalue weighted by atomic mass is 9.93. The van der Waals surface area contributed by atoms with E-state index in [1.54, 1.807) is 23.1 Å². The summed E-state index contributed by atoms with van der Waals surface area (Å²) in [4.78, 5) is 29.2. The van der Waals surface area contributed by atoms with Gasteiger partial charge in [-0.15, -0.1) is 0 Å². The smallest absolute Gasteiger partial charge is 0.309 e. The molecule has 1 fully saturated rings. The standard InChI is InChI=1S/C31H41FN4O4/c1-22-6-4-7-23(2)31(40-30(39)20-28(37)9-8-22)24(3)16-25-17-26(32)19-27(18-25)34-12-14-35(15-13-34)29(38)21-36-11-5-10-33-36/h4-5,7,10-11,16-19,22-23,28,31,37H,6,8-9,12-15,20-21H2,1-3H3/b7-4+,24-16+/t22-,23+,28-,31+/m0/s1. The van der Waals surface area contributed by atoms with Crippen molar-refractivity contribution in [2.24, 2.45) is 11.8 Å². The highest BCUT2D eigenvalue weighted by Gasteiger charge is 2.25. The first-order valence-corrected chi connectivity index (χ1v) is 14.2. The molecule has 9 heteroatoms. The van der Waals surface area contributed by atoms with Crippen LogP contribution in [0.25, 0.3) is 6.08 Å². The number of aliphatic hydroxyl groups is 1. The van der Waals surface area contributed by atoms with Crippen LogP contribution in [0.15, 0.2) is 54.4 Å². The Morgan fingerprint density at radius 3 is 2.67 bits per heavy atom. The van der Waals surface area contributed by atoms with Crippen LogP contribution in [0.5, 0.6) is 0 Å². The van der Waals surface area contributed by atoms with Crippen LogP contribution >= 0.6 is 0 Å². The van der Waals surface area contributed by atoms with E-state index in [1.807, 2.05) is 30.9 Å². The number of piperazine rings is 1. The van der Waals surface area contributed by atoms with Crippen molar-refractivity contribution in [3.05, 3.63) is 65.8 Å². The van der Waals surface area contributed by atoms with E-state index < -0.39 is 18.2 Å². The van der Waals surface area contributed by atoms with Crippen LogP contribution < -0.4 is 4.90 Å². The zero-order chi connectivity index (χ0) is 28.6. The fraction of sp³-hybridized carbons (Fsp3) is 0.516. The van der Waals surface area contributed by atoms with Gasteiger partial charge in [-0.05, 0) is 67.5 Å². The van der Waals surface area contributed by atoms with Crippen LogP contribution in [0, 0.1) is 17.7 Å². The molecule has 3 heterocycles. The molecule has 2 aliphatic rings. The van der Waals surface area contributed by atoms with Gasteiger partial charge in [0.05, 0.1) is 12.5 Å². The Morgan fingerprint density at radius 2 is 1.95 bits per heavy atom. The monoisotopic (exact) mass is 552 g/mol. The summed E-state index contributed by atoms with van der Waals surface area (Å²) in [6.07, 6.45) is 10.5. The summed E-state index contributed by atoms with van der Waals surface area (Å²) >= 11 is 0. The highest BCUT2D eigenvalue weighted by atomic mass is 19.1. The summed E-state index contributed by atoms with van der Waals surface area (Å²) in [5.41, 5.74) is 2.23. The summed E-state index contributed by atoms with van der Waals surface area (Å²) < 4.78 is 22.2. The minimum atomic E-state index is -0.717. The number of anilines is 1. The van der Waals surface area contributed by atoms with Crippen molar-refractivity contribution in [2.75, 3.05) is 31.1 Å². The molecule has 8 nitrogen and oxygen atoms in total. The predicted octanol–water partition coefficient (Wildman–Crippen LogP) is 4.45. The highest BCUT2D eigenvalue weighted by Crippen LogP contribution is 2.26. The van der Waals surface area contributed by atoms with Crippen molar-refractivity contribution in [2.45, 2.75) is 65.2 Å². The average Bonchev–Trinajstić information content (AvgIpc) is 3.42. The number of halogens is 1. The lowest BCUT2D eigenvalue weighted by Gasteiger charge is -2.36. The molecule has 40 heavy (non-hydrogen) atoms. The number of ether oxygens (including phenoxy) is 1. The van der Waals surface area contributed by atoms with Gasteiger partial charge in [0.1, 0.15) is 18.5 Å². The molecule has 1 amide bonds. The second-order valence-corrected chi connectivity index (χ2v) is 11.2.